The maximum absolute atomic E-state index is 10.7. The molecule has 11 heteroatoms. The first kappa shape index (κ1) is 43.6. The smallest absolute Gasteiger partial charge is 0.566 e. The van der Waals surface area contributed by atoms with Crippen molar-refractivity contribution in [3.8, 4) is 11.5 Å². The molecule has 2 rings (SSSR count). The quantitative estimate of drug-likeness (QED) is 0.208. The summed E-state index contributed by atoms with van der Waals surface area (Å²) in [6, 6.07) is 7.79. The fraction of sp³-hybridized carbons (Fsp3) is 0.647. The van der Waals surface area contributed by atoms with Gasteiger partial charge in [-0.15, -0.1) is 9.05 Å². The molecule has 0 saturated carbocycles. The predicted octanol–water partition coefficient (Wildman–Crippen LogP) is 7.90. The van der Waals surface area contributed by atoms with Crippen molar-refractivity contribution in [1.29, 1.82) is 0 Å². The maximum Gasteiger partial charge on any atom is 2.00 e. The van der Waals surface area contributed by atoms with Crippen LogP contribution in [0.3, 0.4) is 0 Å². The Bertz CT molecular complexity index is 1140. The number of phenols is 2. The van der Waals surface area contributed by atoms with Gasteiger partial charge in [0.05, 0.1) is 0 Å². The molecule has 0 saturated heterocycles. The van der Waals surface area contributed by atoms with Gasteiger partial charge in [0, 0.05) is 12.8 Å². The molecule has 8 nitrogen and oxygen atoms in total. The number of aromatic hydroxyl groups is 2. The molecule has 0 fully saturated rings. The van der Waals surface area contributed by atoms with Crippen molar-refractivity contribution >= 4 is 16.5 Å². The number of hydrogen-bond acceptors (Lipinski definition) is 8. The number of benzene rings is 2. The summed E-state index contributed by atoms with van der Waals surface area (Å²) >= 11 is 0. The summed E-state index contributed by atoms with van der Waals surface area (Å²) in [5.41, 5.74) is 4.61. The summed E-state index contributed by atoms with van der Waals surface area (Å²) in [4.78, 5) is 21.4. The SMILES string of the molecule is CC(Cc1cc(C(C)(C)C)c(O)c(C(C)(C)C)c1)O[P+](=O)[O-].CC(Cc1cc(C(C)(C)C)c(O)c(C(C)(C)C)c1)O[P+](=O)[O-].[Ni+2]. The van der Waals surface area contributed by atoms with Crippen LogP contribution < -0.4 is 9.79 Å². The van der Waals surface area contributed by atoms with Gasteiger partial charge < -0.3 is 20.0 Å². The van der Waals surface area contributed by atoms with Crippen molar-refractivity contribution in [2.45, 2.75) is 144 Å². The monoisotopic (exact) mass is 710 g/mol. The molecule has 0 radical (unpaired) electrons. The minimum atomic E-state index is -2.85. The molecule has 2 N–H and O–H groups in total. The van der Waals surface area contributed by atoms with E-state index >= 15 is 0 Å². The van der Waals surface area contributed by atoms with Gasteiger partial charge in [0.2, 0.25) is 0 Å². The van der Waals surface area contributed by atoms with E-state index in [1.807, 2.05) is 107 Å². The van der Waals surface area contributed by atoms with Gasteiger partial charge in [0.25, 0.3) is 0 Å². The third-order valence-corrected chi connectivity index (χ3v) is 8.21. The molecular weight excluding hydrogens is 657 g/mol. The normalized spacial score (nSPS) is 14.5. The Hall–Kier alpha value is -1.43. The summed E-state index contributed by atoms with van der Waals surface area (Å²) in [5.74, 6) is 0.652. The van der Waals surface area contributed by atoms with E-state index in [2.05, 4.69) is 0 Å². The van der Waals surface area contributed by atoms with E-state index in [0.717, 1.165) is 33.4 Å². The second-order valence-electron chi connectivity index (χ2n) is 15.8. The van der Waals surface area contributed by atoms with Gasteiger partial charge in [0.15, 0.2) is 0 Å². The third-order valence-electron chi connectivity index (χ3n) is 7.15. The van der Waals surface area contributed by atoms with E-state index in [1.54, 1.807) is 13.8 Å². The van der Waals surface area contributed by atoms with Crippen LogP contribution in [-0.4, -0.2) is 22.4 Å². The molecule has 0 amide bonds. The minimum absolute atomic E-state index is 0. The van der Waals surface area contributed by atoms with Gasteiger partial charge in [-0.05, 0) is 78.0 Å². The van der Waals surface area contributed by atoms with E-state index in [0.29, 0.717) is 24.3 Å². The van der Waals surface area contributed by atoms with Crippen LogP contribution in [0.15, 0.2) is 24.3 Å². The first-order valence-corrected chi connectivity index (χ1v) is 17.2. The summed E-state index contributed by atoms with van der Waals surface area (Å²) in [6.07, 6.45) is 0.114. The zero-order chi connectivity index (χ0) is 34.6. The van der Waals surface area contributed by atoms with Crippen molar-refractivity contribution in [3.63, 3.8) is 0 Å². The Morgan fingerprint density at radius 1 is 0.578 bits per heavy atom. The van der Waals surface area contributed by atoms with Crippen LogP contribution in [0.4, 0.5) is 0 Å². The second kappa shape index (κ2) is 16.6. The van der Waals surface area contributed by atoms with Crippen molar-refractivity contribution in [3.05, 3.63) is 57.6 Å². The zero-order valence-corrected chi connectivity index (χ0v) is 32.2. The molecule has 2 aromatic rings. The van der Waals surface area contributed by atoms with Crippen molar-refractivity contribution in [2.24, 2.45) is 0 Å². The van der Waals surface area contributed by atoms with Crippen molar-refractivity contribution in [1.82, 2.24) is 0 Å². The van der Waals surface area contributed by atoms with E-state index in [1.165, 1.54) is 0 Å². The van der Waals surface area contributed by atoms with Gasteiger partial charge in [-0.1, -0.05) is 107 Å². The van der Waals surface area contributed by atoms with Crippen molar-refractivity contribution < 1.29 is 54.7 Å². The molecule has 4 unspecified atom stereocenters. The van der Waals surface area contributed by atoms with Gasteiger partial charge in [0.1, 0.15) is 23.7 Å². The Labute approximate surface area is 283 Å². The largest absolute Gasteiger partial charge is 2.00 e. The molecule has 0 aromatic heterocycles. The average molecular weight is 711 g/mol. The fourth-order valence-corrected chi connectivity index (χ4v) is 5.68. The predicted molar refractivity (Wildman–Crippen MR) is 175 cm³/mol. The van der Waals surface area contributed by atoms with E-state index < -0.39 is 28.7 Å². The summed E-state index contributed by atoms with van der Waals surface area (Å²) in [5, 5.41) is 21.3. The van der Waals surface area contributed by atoms with Gasteiger partial charge in [-0.2, -0.15) is 0 Å². The summed E-state index contributed by atoms with van der Waals surface area (Å²) in [6.45, 7) is 28.0. The number of hydrogen-bond donors (Lipinski definition) is 2. The molecular formula is C34H54NiO8P2+2. The zero-order valence-electron chi connectivity index (χ0n) is 29.4. The minimum Gasteiger partial charge on any atom is -0.566 e. The molecule has 0 aliphatic carbocycles. The second-order valence-corrected chi connectivity index (χ2v) is 17.1. The van der Waals surface area contributed by atoms with E-state index in [9.17, 15) is 29.1 Å². The first-order chi connectivity index (χ1) is 19.6. The number of rotatable bonds is 8. The molecule has 0 aliphatic rings. The Morgan fingerprint density at radius 2 is 0.778 bits per heavy atom. The summed E-state index contributed by atoms with van der Waals surface area (Å²) < 4.78 is 31.0. The van der Waals surface area contributed by atoms with Crippen LogP contribution >= 0.6 is 16.5 Å². The molecule has 0 bridgehead atoms. The van der Waals surface area contributed by atoms with Crippen LogP contribution in [0.25, 0.3) is 0 Å². The summed E-state index contributed by atoms with van der Waals surface area (Å²) in [7, 11) is -5.70. The Kier molecular flexibility index (Phi) is 16.1. The van der Waals surface area contributed by atoms with Crippen LogP contribution in [0.2, 0.25) is 0 Å². The first-order valence-electron chi connectivity index (χ1n) is 15.0. The average Bonchev–Trinajstić information content (AvgIpc) is 2.77. The van der Waals surface area contributed by atoms with Gasteiger partial charge >= 0.3 is 33.0 Å². The fourth-order valence-electron chi connectivity index (χ4n) is 4.94. The van der Waals surface area contributed by atoms with Gasteiger partial charge in [-0.25, -0.2) is 0 Å². The number of phenolic OH excluding ortho intramolecular Hbond substituents is 2. The topological polar surface area (TPSA) is 139 Å². The molecule has 45 heavy (non-hydrogen) atoms. The molecule has 256 valence electrons. The van der Waals surface area contributed by atoms with Crippen molar-refractivity contribution in [2.75, 3.05) is 0 Å². The Morgan fingerprint density at radius 3 is 0.933 bits per heavy atom. The molecule has 2 aromatic carbocycles. The standard InChI is InChI=1S/2C17H27O4P.Ni/c2*1-11(21-22(19)20)8-12-9-13(16(2,3)4)15(18)14(10-12)17(5,6)7;/h2*9-11,18H,8H2,1-7H3;/q;;+2. The van der Waals surface area contributed by atoms with Crippen LogP contribution in [-0.2, 0) is 69.2 Å². The van der Waals surface area contributed by atoms with Gasteiger partial charge in [-0.3, -0.25) is 0 Å². The molecule has 0 spiro atoms. The molecule has 0 aliphatic heterocycles. The third kappa shape index (κ3) is 14.1. The van der Waals surface area contributed by atoms with Crippen LogP contribution in [0.1, 0.15) is 130 Å². The van der Waals surface area contributed by atoms with E-state index in [4.69, 9.17) is 9.05 Å². The molecule has 4 atom stereocenters. The van der Waals surface area contributed by atoms with Crippen LogP contribution in [0.5, 0.6) is 11.5 Å². The van der Waals surface area contributed by atoms with E-state index in [-0.39, 0.29) is 38.2 Å². The maximum atomic E-state index is 10.7. The van der Waals surface area contributed by atoms with Crippen LogP contribution in [0, 0.1) is 0 Å². The Balaban J connectivity index is 0.000000842. The molecule has 0 heterocycles.